The lowest BCUT2D eigenvalue weighted by Gasteiger charge is -2.24. The van der Waals surface area contributed by atoms with Gasteiger partial charge in [0.05, 0.1) is 31.3 Å². The minimum absolute atomic E-state index is 0.00505. The summed E-state index contributed by atoms with van der Waals surface area (Å²) in [6, 6.07) is 14.2. The van der Waals surface area contributed by atoms with E-state index in [-0.39, 0.29) is 29.4 Å². The maximum atomic E-state index is 13.3. The predicted molar refractivity (Wildman–Crippen MR) is 133 cm³/mol. The first-order chi connectivity index (χ1) is 16.2. The molecule has 3 rings (SSSR count). The number of benzene rings is 2. The van der Waals surface area contributed by atoms with Crippen molar-refractivity contribution in [2.24, 2.45) is 0 Å². The SMILES string of the molecule is C=CCN(Cc1cnc(S(=O)(=O)Cc2ccc(C)cc2)n1C(C)C)C(=O)c1cccc(OC)c1. The molecule has 180 valence electrons. The van der Waals surface area contributed by atoms with E-state index < -0.39 is 9.84 Å². The van der Waals surface area contributed by atoms with Crippen LogP contribution in [0.3, 0.4) is 0 Å². The highest BCUT2D eigenvalue weighted by atomic mass is 32.2. The quantitative estimate of drug-likeness (QED) is 0.396. The number of hydrogen-bond acceptors (Lipinski definition) is 5. The van der Waals surface area contributed by atoms with Crippen LogP contribution in [0.1, 0.15) is 47.1 Å². The van der Waals surface area contributed by atoms with Crippen LogP contribution in [0.25, 0.3) is 0 Å². The van der Waals surface area contributed by atoms with Gasteiger partial charge in [0, 0.05) is 18.2 Å². The van der Waals surface area contributed by atoms with E-state index in [1.165, 1.54) is 6.20 Å². The molecule has 1 aromatic heterocycles. The second kappa shape index (κ2) is 10.7. The van der Waals surface area contributed by atoms with Gasteiger partial charge in [-0.25, -0.2) is 13.4 Å². The van der Waals surface area contributed by atoms with Crippen molar-refractivity contribution in [3.63, 3.8) is 0 Å². The van der Waals surface area contributed by atoms with Crippen LogP contribution in [-0.2, 0) is 22.1 Å². The summed E-state index contributed by atoms with van der Waals surface area (Å²) in [6.45, 7) is 10.0. The third-order valence-electron chi connectivity index (χ3n) is 5.42. The van der Waals surface area contributed by atoms with Crippen LogP contribution in [0.5, 0.6) is 5.75 Å². The fourth-order valence-corrected chi connectivity index (χ4v) is 5.36. The second-order valence-electron chi connectivity index (χ2n) is 8.45. The number of aromatic nitrogens is 2. The molecule has 0 atom stereocenters. The molecule has 7 nitrogen and oxygen atoms in total. The van der Waals surface area contributed by atoms with Gasteiger partial charge in [-0.1, -0.05) is 42.0 Å². The van der Waals surface area contributed by atoms with Crippen LogP contribution in [0, 0.1) is 6.92 Å². The van der Waals surface area contributed by atoms with Crippen LogP contribution in [0.4, 0.5) is 0 Å². The highest BCUT2D eigenvalue weighted by molar-refractivity contribution is 7.90. The Morgan fingerprint density at radius 1 is 1.21 bits per heavy atom. The van der Waals surface area contributed by atoms with Crippen molar-refractivity contribution in [1.29, 1.82) is 0 Å². The zero-order chi connectivity index (χ0) is 24.9. The first-order valence-electron chi connectivity index (χ1n) is 11.0. The Morgan fingerprint density at radius 3 is 2.53 bits per heavy atom. The molecule has 0 N–H and O–H groups in total. The number of carbonyl (C=O) groups is 1. The molecule has 0 saturated heterocycles. The molecule has 0 radical (unpaired) electrons. The molecule has 0 fully saturated rings. The molecule has 1 heterocycles. The second-order valence-corrected chi connectivity index (χ2v) is 10.3. The van der Waals surface area contributed by atoms with Gasteiger partial charge in [0.25, 0.3) is 5.91 Å². The number of sulfone groups is 1. The molecule has 8 heteroatoms. The molecule has 0 aliphatic carbocycles. The highest BCUT2D eigenvalue weighted by Crippen LogP contribution is 2.24. The van der Waals surface area contributed by atoms with Gasteiger partial charge in [0.15, 0.2) is 0 Å². The number of imidazole rings is 1. The summed E-state index contributed by atoms with van der Waals surface area (Å²) < 4.78 is 33.5. The van der Waals surface area contributed by atoms with E-state index in [2.05, 4.69) is 11.6 Å². The first kappa shape index (κ1) is 25.2. The first-order valence-corrected chi connectivity index (χ1v) is 12.7. The minimum atomic E-state index is -3.70. The summed E-state index contributed by atoms with van der Waals surface area (Å²) >= 11 is 0. The van der Waals surface area contributed by atoms with Gasteiger partial charge in [-0.15, -0.1) is 6.58 Å². The summed E-state index contributed by atoms with van der Waals surface area (Å²) in [5.41, 5.74) is 2.88. The van der Waals surface area contributed by atoms with Gasteiger partial charge >= 0.3 is 0 Å². The van der Waals surface area contributed by atoms with E-state index in [4.69, 9.17) is 4.74 Å². The Bertz CT molecular complexity index is 1260. The molecule has 1 amide bonds. The Morgan fingerprint density at radius 2 is 1.91 bits per heavy atom. The van der Waals surface area contributed by atoms with Crippen molar-refractivity contribution in [3.05, 3.63) is 89.8 Å². The van der Waals surface area contributed by atoms with Crippen molar-refractivity contribution in [2.45, 2.75) is 44.3 Å². The zero-order valence-electron chi connectivity index (χ0n) is 20.1. The van der Waals surface area contributed by atoms with E-state index in [0.717, 1.165) is 5.56 Å². The van der Waals surface area contributed by atoms with E-state index in [9.17, 15) is 13.2 Å². The summed E-state index contributed by atoms with van der Waals surface area (Å²) in [7, 11) is -2.15. The number of carbonyl (C=O) groups excluding carboxylic acids is 1. The normalized spacial score (nSPS) is 11.4. The molecule has 0 aliphatic rings. The smallest absolute Gasteiger partial charge is 0.254 e. The average Bonchev–Trinajstić information content (AvgIpc) is 3.25. The van der Waals surface area contributed by atoms with Crippen molar-refractivity contribution >= 4 is 15.7 Å². The number of methoxy groups -OCH3 is 1. The predicted octanol–water partition coefficient (Wildman–Crippen LogP) is 4.58. The van der Waals surface area contributed by atoms with Crippen molar-refractivity contribution < 1.29 is 17.9 Å². The fraction of sp³-hybridized carbons (Fsp3) is 0.308. The molecule has 34 heavy (non-hydrogen) atoms. The largest absolute Gasteiger partial charge is 0.497 e. The lowest BCUT2D eigenvalue weighted by Crippen LogP contribution is -2.32. The third kappa shape index (κ3) is 5.75. The third-order valence-corrected chi connectivity index (χ3v) is 6.99. The fourth-order valence-electron chi connectivity index (χ4n) is 3.75. The number of hydrogen-bond donors (Lipinski definition) is 0. The molecule has 0 aliphatic heterocycles. The number of rotatable bonds is 10. The highest BCUT2D eigenvalue weighted by Gasteiger charge is 2.27. The topological polar surface area (TPSA) is 81.5 Å². The summed E-state index contributed by atoms with van der Waals surface area (Å²) in [5, 5.41) is 0.00505. The van der Waals surface area contributed by atoms with Crippen molar-refractivity contribution in [3.8, 4) is 5.75 Å². The lowest BCUT2D eigenvalue weighted by molar-refractivity contribution is 0.0758. The molecule has 0 unspecified atom stereocenters. The van der Waals surface area contributed by atoms with Crippen LogP contribution in [0.15, 0.2) is 72.5 Å². The summed E-state index contributed by atoms with van der Waals surface area (Å²) in [4.78, 5) is 19.1. The molecule has 0 saturated carbocycles. The van der Waals surface area contributed by atoms with Gasteiger partial charge in [0.2, 0.25) is 15.0 Å². The van der Waals surface area contributed by atoms with Crippen LogP contribution in [-0.4, -0.2) is 42.4 Å². The van der Waals surface area contributed by atoms with Crippen molar-refractivity contribution in [1.82, 2.24) is 14.5 Å². The zero-order valence-corrected chi connectivity index (χ0v) is 20.9. The van der Waals surface area contributed by atoms with E-state index in [1.807, 2.05) is 45.0 Å². The minimum Gasteiger partial charge on any atom is -0.497 e. The number of nitrogens with zero attached hydrogens (tertiary/aromatic N) is 3. The Balaban J connectivity index is 1.93. The molecular formula is C26H31N3O4S. The monoisotopic (exact) mass is 481 g/mol. The number of aryl methyl sites for hydroxylation is 1. The van der Waals surface area contributed by atoms with E-state index in [1.54, 1.807) is 46.9 Å². The standard InChI is InChI=1S/C26H31N3O4S/c1-6-14-28(25(30)22-8-7-9-24(15-22)33-5)17-23-16-27-26(29(23)19(2)3)34(31,32)18-21-12-10-20(4)11-13-21/h6-13,15-16,19H,1,14,17-18H2,2-5H3. The van der Waals surface area contributed by atoms with Gasteiger partial charge in [-0.05, 0) is 44.5 Å². The summed E-state index contributed by atoms with van der Waals surface area (Å²) in [6.07, 6.45) is 3.18. The molecule has 0 spiro atoms. The van der Waals surface area contributed by atoms with Crippen LogP contribution >= 0.6 is 0 Å². The van der Waals surface area contributed by atoms with Crippen molar-refractivity contribution in [2.75, 3.05) is 13.7 Å². The molecule has 2 aromatic carbocycles. The maximum absolute atomic E-state index is 13.3. The Hall–Kier alpha value is -3.39. The lowest BCUT2D eigenvalue weighted by atomic mass is 10.2. The van der Waals surface area contributed by atoms with Gasteiger partial charge in [0.1, 0.15) is 5.75 Å². The number of ether oxygens (including phenoxy) is 1. The number of amides is 1. The van der Waals surface area contributed by atoms with E-state index in [0.29, 0.717) is 29.1 Å². The van der Waals surface area contributed by atoms with E-state index >= 15 is 0 Å². The molecular weight excluding hydrogens is 450 g/mol. The average molecular weight is 482 g/mol. The Labute approximate surface area is 201 Å². The Kier molecular flexibility index (Phi) is 7.94. The maximum Gasteiger partial charge on any atom is 0.254 e. The molecule has 0 bridgehead atoms. The van der Waals surface area contributed by atoms with Crippen LogP contribution in [0.2, 0.25) is 0 Å². The van der Waals surface area contributed by atoms with Gasteiger partial charge in [-0.3, -0.25) is 4.79 Å². The summed E-state index contributed by atoms with van der Waals surface area (Å²) in [5.74, 6) is 0.232. The van der Waals surface area contributed by atoms with Gasteiger partial charge in [-0.2, -0.15) is 0 Å². The van der Waals surface area contributed by atoms with Gasteiger partial charge < -0.3 is 14.2 Å². The molecule has 3 aromatic rings. The van der Waals surface area contributed by atoms with Crippen LogP contribution < -0.4 is 4.74 Å².